The van der Waals surface area contributed by atoms with Crippen molar-refractivity contribution in [2.45, 2.75) is 26.2 Å². The average molecular weight is 270 g/mol. The number of aryl methyl sites for hydroxylation is 1. The van der Waals surface area contributed by atoms with E-state index in [1.165, 1.54) is 0 Å². The summed E-state index contributed by atoms with van der Waals surface area (Å²) >= 11 is 0. The summed E-state index contributed by atoms with van der Waals surface area (Å²) in [6, 6.07) is 3.75. The Bertz CT molecular complexity index is 548. The molecule has 102 valence electrons. The molecule has 0 spiro atoms. The van der Waals surface area contributed by atoms with Gasteiger partial charge in [0.25, 0.3) is 0 Å². The summed E-state index contributed by atoms with van der Waals surface area (Å²) in [6.45, 7) is 3.03. The second-order valence-electron chi connectivity index (χ2n) is 3.92. The second-order valence-corrected chi connectivity index (χ2v) is 3.92. The van der Waals surface area contributed by atoms with Crippen LogP contribution >= 0.6 is 0 Å². The van der Waals surface area contributed by atoms with Crippen molar-refractivity contribution < 1.29 is 13.2 Å². The lowest BCUT2D eigenvalue weighted by atomic mass is 10.2. The van der Waals surface area contributed by atoms with Crippen LogP contribution < -0.4 is 5.32 Å². The molecule has 0 saturated heterocycles. The number of nitrogens with zero attached hydrogens (tertiary/aromatic N) is 3. The van der Waals surface area contributed by atoms with Crippen LogP contribution in [0.2, 0.25) is 0 Å². The van der Waals surface area contributed by atoms with E-state index in [-0.39, 0.29) is 5.82 Å². The van der Waals surface area contributed by atoms with E-state index in [9.17, 15) is 13.2 Å². The summed E-state index contributed by atoms with van der Waals surface area (Å²) in [5, 5.41) is 6.94. The van der Waals surface area contributed by atoms with E-state index in [4.69, 9.17) is 0 Å². The van der Waals surface area contributed by atoms with Crippen LogP contribution in [0.5, 0.6) is 0 Å². The number of hydrogen-bond donors (Lipinski definition) is 1. The third kappa shape index (κ3) is 3.24. The summed E-state index contributed by atoms with van der Waals surface area (Å²) in [5.74, 6) is 0.193. The number of pyridine rings is 1. The molecule has 0 atom stereocenters. The summed E-state index contributed by atoms with van der Waals surface area (Å²) in [5.41, 5.74) is 0.177. The van der Waals surface area contributed by atoms with Crippen molar-refractivity contribution in [3.8, 4) is 0 Å². The highest BCUT2D eigenvalue weighted by Gasteiger charge is 2.30. The number of halogens is 3. The number of aromatic nitrogens is 3. The predicted molar refractivity (Wildman–Crippen MR) is 64.5 cm³/mol. The topological polar surface area (TPSA) is 42.7 Å². The lowest BCUT2D eigenvalue weighted by Crippen LogP contribution is -2.10. The third-order valence-corrected chi connectivity index (χ3v) is 2.64. The quantitative estimate of drug-likeness (QED) is 0.928. The summed E-state index contributed by atoms with van der Waals surface area (Å²) < 4.78 is 39.4. The standard InChI is InChI=1S/C12H13F3N4/c1-2-19-10(4-6-18-19)8-17-11-7-9(3-5-16-11)12(13,14)15/h3-7H,2,8H2,1H3,(H,16,17). The lowest BCUT2D eigenvalue weighted by molar-refractivity contribution is -0.137. The minimum absolute atomic E-state index is 0.193. The van der Waals surface area contributed by atoms with Gasteiger partial charge in [-0.1, -0.05) is 0 Å². The molecule has 0 aliphatic carbocycles. The van der Waals surface area contributed by atoms with Crippen molar-refractivity contribution in [1.82, 2.24) is 14.8 Å². The first-order valence-electron chi connectivity index (χ1n) is 5.78. The maximum absolute atomic E-state index is 12.5. The van der Waals surface area contributed by atoms with Crippen molar-refractivity contribution in [3.05, 3.63) is 41.9 Å². The van der Waals surface area contributed by atoms with Crippen LogP contribution in [0.1, 0.15) is 18.2 Å². The summed E-state index contributed by atoms with van der Waals surface area (Å²) in [4.78, 5) is 3.87. The Morgan fingerprint density at radius 1 is 1.26 bits per heavy atom. The minimum atomic E-state index is -4.36. The Kier molecular flexibility index (Phi) is 3.73. The first-order valence-corrected chi connectivity index (χ1v) is 5.78. The van der Waals surface area contributed by atoms with Crippen LogP contribution in [0.4, 0.5) is 19.0 Å². The van der Waals surface area contributed by atoms with E-state index >= 15 is 0 Å². The normalized spacial score (nSPS) is 11.6. The summed E-state index contributed by atoms with van der Waals surface area (Å²) in [6.07, 6.45) is -1.56. The molecule has 0 bridgehead atoms. The van der Waals surface area contributed by atoms with Crippen LogP contribution in [0.15, 0.2) is 30.6 Å². The van der Waals surface area contributed by atoms with Gasteiger partial charge in [0.05, 0.1) is 17.8 Å². The van der Waals surface area contributed by atoms with Crippen LogP contribution in [0, 0.1) is 0 Å². The Morgan fingerprint density at radius 3 is 2.74 bits per heavy atom. The predicted octanol–water partition coefficient (Wildman–Crippen LogP) is 2.93. The van der Waals surface area contributed by atoms with Gasteiger partial charge < -0.3 is 5.32 Å². The molecule has 0 unspecified atom stereocenters. The Balaban J connectivity index is 2.08. The molecule has 0 aliphatic rings. The Hall–Kier alpha value is -2.05. The van der Waals surface area contributed by atoms with Crippen molar-refractivity contribution in [2.24, 2.45) is 0 Å². The largest absolute Gasteiger partial charge is 0.416 e. The van der Waals surface area contributed by atoms with Crippen molar-refractivity contribution in [1.29, 1.82) is 0 Å². The van der Waals surface area contributed by atoms with Crippen molar-refractivity contribution in [3.63, 3.8) is 0 Å². The zero-order valence-electron chi connectivity index (χ0n) is 10.3. The Labute approximate surface area is 108 Å². The van der Waals surface area contributed by atoms with Gasteiger partial charge in [-0.25, -0.2) is 4.98 Å². The highest BCUT2D eigenvalue weighted by molar-refractivity contribution is 5.38. The van der Waals surface area contributed by atoms with E-state index in [0.717, 1.165) is 24.0 Å². The summed E-state index contributed by atoms with van der Waals surface area (Å²) in [7, 11) is 0. The van der Waals surface area contributed by atoms with Crippen molar-refractivity contribution in [2.75, 3.05) is 5.32 Å². The third-order valence-electron chi connectivity index (χ3n) is 2.64. The molecule has 0 fully saturated rings. The fourth-order valence-electron chi connectivity index (χ4n) is 1.68. The van der Waals surface area contributed by atoms with Gasteiger partial charge in [0.1, 0.15) is 5.82 Å². The van der Waals surface area contributed by atoms with Gasteiger partial charge in [0.2, 0.25) is 0 Å². The smallest absolute Gasteiger partial charge is 0.364 e. The zero-order chi connectivity index (χ0) is 13.9. The molecular formula is C12H13F3N4. The maximum atomic E-state index is 12.5. The van der Waals surface area contributed by atoms with Gasteiger partial charge in [0, 0.05) is 18.9 Å². The van der Waals surface area contributed by atoms with E-state index in [1.807, 2.05) is 13.0 Å². The van der Waals surface area contributed by atoms with Gasteiger partial charge in [0.15, 0.2) is 0 Å². The van der Waals surface area contributed by atoms with E-state index < -0.39 is 11.7 Å². The Morgan fingerprint density at radius 2 is 2.05 bits per heavy atom. The first-order chi connectivity index (χ1) is 9.00. The van der Waals surface area contributed by atoms with Gasteiger partial charge in [-0.3, -0.25) is 4.68 Å². The molecule has 0 saturated carbocycles. The van der Waals surface area contributed by atoms with E-state index in [1.54, 1.807) is 10.9 Å². The molecule has 0 amide bonds. The monoisotopic (exact) mass is 270 g/mol. The molecule has 4 nitrogen and oxygen atoms in total. The molecule has 19 heavy (non-hydrogen) atoms. The molecule has 2 aromatic rings. The van der Waals surface area contributed by atoms with Crippen LogP contribution in [0.3, 0.4) is 0 Å². The number of rotatable bonds is 4. The van der Waals surface area contributed by atoms with Crippen LogP contribution in [-0.4, -0.2) is 14.8 Å². The van der Waals surface area contributed by atoms with Crippen molar-refractivity contribution >= 4 is 5.82 Å². The number of anilines is 1. The van der Waals surface area contributed by atoms with Crippen LogP contribution in [-0.2, 0) is 19.3 Å². The van der Waals surface area contributed by atoms with E-state index in [0.29, 0.717) is 13.1 Å². The molecule has 7 heteroatoms. The van der Waals surface area contributed by atoms with Gasteiger partial charge in [-0.2, -0.15) is 18.3 Å². The molecule has 1 N–H and O–H groups in total. The average Bonchev–Trinajstić information content (AvgIpc) is 2.83. The SMILES string of the molecule is CCn1nccc1CNc1cc(C(F)(F)F)ccn1. The number of nitrogens with one attached hydrogen (secondary N) is 1. The second kappa shape index (κ2) is 5.29. The lowest BCUT2D eigenvalue weighted by Gasteiger charge is -2.10. The molecule has 0 radical (unpaired) electrons. The van der Waals surface area contributed by atoms with Gasteiger partial charge >= 0.3 is 6.18 Å². The van der Waals surface area contributed by atoms with Crippen LogP contribution in [0.25, 0.3) is 0 Å². The fourth-order valence-corrected chi connectivity index (χ4v) is 1.68. The maximum Gasteiger partial charge on any atom is 0.416 e. The fraction of sp³-hybridized carbons (Fsp3) is 0.333. The molecule has 0 aromatic carbocycles. The highest BCUT2D eigenvalue weighted by Crippen LogP contribution is 2.29. The number of hydrogen-bond acceptors (Lipinski definition) is 3. The highest BCUT2D eigenvalue weighted by atomic mass is 19.4. The van der Waals surface area contributed by atoms with Gasteiger partial charge in [-0.15, -0.1) is 0 Å². The van der Waals surface area contributed by atoms with Gasteiger partial charge in [-0.05, 0) is 25.1 Å². The molecule has 2 heterocycles. The zero-order valence-corrected chi connectivity index (χ0v) is 10.3. The molecule has 2 aromatic heterocycles. The van der Waals surface area contributed by atoms with E-state index in [2.05, 4.69) is 15.4 Å². The molecule has 2 rings (SSSR count). The molecular weight excluding hydrogens is 257 g/mol. The first kappa shape index (κ1) is 13.4. The molecule has 0 aliphatic heterocycles. The minimum Gasteiger partial charge on any atom is -0.364 e. The number of alkyl halides is 3.